The van der Waals surface area contributed by atoms with Gasteiger partial charge in [0.1, 0.15) is 11.6 Å². The van der Waals surface area contributed by atoms with Gasteiger partial charge >= 0.3 is 0 Å². The average Bonchev–Trinajstić information content (AvgIpc) is 2.77. The summed E-state index contributed by atoms with van der Waals surface area (Å²) in [5.74, 6) is -1.82. The smallest absolute Gasteiger partial charge is 0.294 e. The molecule has 0 aliphatic heterocycles. The van der Waals surface area contributed by atoms with Crippen molar-refractivity contribution in [1.29, 1.82) is 0 Å². The number of aromatic nitrogens is 1. The summed E-state index contributed by atoms with van der Waals surface area (Å²) in [5, 5.41) is 9.57. The molecule has 112 valence electrons. The van der Waals surface area contributed by atoms with E-state index in [2.05, 4.69) is 9.82 Å². The highest BCUT2D eigenvalue weighted by Crippen LogP contribution is 2.31. The molecule has 0 saturated carbocycles. The van der Waals surface area contributed by atoms with Crippen molar-refractivity contribution in [2.24, 2.45) is 0 Å². The second-order valence-electron chi connectivity index (χ2n) is 4.39. The molecule has 0 N–H and O–H groups in total. The van der Waals surface area contributed by atoms with Crippen molar-refractivity contribution in [2.45, 2.75) is 20.3 Å². The highest BCUT2D eigenvalue weighted by Gasteiger charge is 2.17. The molecule has 0 saturated heterocycles. The second-order valence-corrected chi connectivity index (χ2v) is 5.48. The van der Waals surface area contributed by atoms with Crippen LogP contribution in [0.5, 0.6) is 0 Å². The molecule has 21 heavy (non-hydrogen) atoms. The second kappa shape index (κ2) is 6.13. The maximum Gasteiger partial charge on any atom is 0.294 e. The molecule has 1 aromatic carbocycles. The Balaban J connectivity index is 2.26. The van der Waals surface area contributed by atoms with E-state index in [1.54, 1.807) is 6.92 Å². The number of rotatable bonds is 5. The van der Waals surface area contributed by atoms with Crippen LogP contribution < -0.4 is 0 Å². The summed E-state index contributed by atoms with van der Waals surface area (Å²) in [4.78, 5) is 19.3. The van der Waals surface area contributed by atoms with Gasteiger partial charge in [0.25, 0.3) is 5.09 Å². The van der Waals surface area contributed by atoms with Gasteiger partial charge in [-0.05, 0) is 25.5 Å². The lowest BCUT2D eigenvalue weighted by atomic mass is 10.1. The summed E-state index contributed by atoms with van der Waals surface area (Å²) in [7, 11) is 0. The SMILES string of the molecule is Cc1ccc(-c2nc(C)c(CCO[N+](=O)[O-])s2)c(F)c1F. The molecule has 5 nitrogen and oxygen atoms in total. The zero-order chi connectivity index (χ0) is 15.6. The highest BCUT2D eigenvalue weighted by molar-refractivity contribution is 7.15. The molecule has 0 spiro atoms. The predicted octanol–water partition coefficient (Wildman–Crippen LogP) is 3.46. The Morgan fingerprint density at radius 1 is 1.33 bits per heavy atom. The van der Waals surface area contributed by atoms with E-state index in [0.717, 1.165) is 4.88 Å². The van der Waals surface area contributed by atoms with Crippen LogP contribution in [0.15, 0.2) is 12.1 Å². The molecule has 0 amide bonds. The number of hydrogen-bond donors (Lipinski definition) is 0. The Labute approximate surface area is 123 Å². The largest absolute Gasteiger partial charge is 0.314 e. The summed E-state index contributed by atoms with van der Waals surface area (Å²) in [6.07, 6.45) is 0.292. The van der Waals surface area contributed by atoms with Gasteiger partial charge in [-0.15, -0.1) is 21.5 Å². The quantitative estimate of drug-likeness (QED) is 0.626. The summed E-state index contributed by atoms with van der Waals surface area (Å²) in [5.41, 5.74) is 0.944. The van der Waals surface area contributed by atoms with Crippen molar-refractivity contribution in [1.82, 2.24) is 4.98 Å². The summed E-state index contributed by atoms with van der Waals surface area (Å²) < 4.78 is 27.5. The van der Waals surface area contributed by atoms with Crippen LogP contribution in [-0.4, -0.2) is 16.7 Å². The number of benzene rings is 1. The van der Waals surface area contributed by atoms with E-state index < -0.39 is 16.7 Å². The molecule has 0 aliphatic rings. The van der Waals surface area contributed by atoms with E-state index in [0.29, 0.717) is 17.1 Å². The maximum absolute atomic E-state index is 13.9. The van der Waals surface area contributed by atoms with Crippen LogP contribution in [0, 0.1) is 35.6 Å². The first-order valence-corrected chi connectivity index (χ1v) is 6.90. The van der Waals surface area contributed by atoms with Gasteiger partial charge < -0.3 is 4.84 Å². The molecule has 0 atom stereocenters. The van der Waals surface area contributed by atoms with E-state index >= 15 is 0 Å². The predicted molar refractivity (Wildman–Crippen MR) is 73.6 cm³/mol. The van der Waals surface area contributed by atoms with Crippen LogP contribution in [0.1, 0.15) is 16.1 Å². The molecule has 2 aromatic rings. The molecule has 8 heteroatoms. The molecular weight excluding hydrogens is 302 g/mol. The van der Waals surface area contributed by atoms with Crippen LogP contribution in [0.2, 0.25) is 0 Å². The third-order valence-corrected chi connectivity index (χ3v) is 4.17. The Morgan fingerprint density at radius 3 is 2.71 bits per heavy atom. The van der Waals surface area contributed by atoms with Crippen molar-refractivity contribution in [3.05, 3.63) is 50.0 Å². The molecule has 2 rings (SSSR count). The van der Waals surface area contributed by atoms with E-state index in [1.807, 2.05) is 0 Å². The lowest BCUT2D eigenvalue weighted by Gasteiger charge is -2.02. The average molecular weight is 314 g/mol. The number of thiazole rings is 1. The molecular formula is C13H12F2N2O3S. The topological polar surface area (TPSA) is 65.3 Å². The summed E-state index contributed by atoms with van der Waals surface area (Å²) >= 11 is 1.17. The zero-order valence-corrected chi connectivity index (χ0v) is 12.2. The van der Waals surface area contributed by atoms with Gasteiger partial charge in [-0.2, -0.15) is 0 Å². The molecule has 1 aromatic heterocycles. The molecule has 0 aliphatic carbocycles. The minimum atomic E-state index is -0.933. The van der Waals surface area contributed by atoms with Crippen LogP contribution >= 0.6 is 11.3 Å². The van der Waals surface area contributed by atoms with Gasteiger partial charge in [-0.3, -0.25) is 0 Å². The fourth-order valence-electron chi connectivity index (χ4n) is 1.80. The minimum Gasteiger partial charge on any atom is -0.314 e. The first kappa shape index (κ1) is 15.3. The summed E-state index contributed by atoms with van der Waals surface area (Å²) in [6, 6.07) is 2.96. The Bertz CT molecular complexity index is 688. The number of hydrogen-bond acceptors (Lipinski definition) is 5. The van der Waals surface area contributed by atoms with Gasteiger partial charge in [0, 0.05) is 16.9 Å². The van der Waals surface area contributed by atoms with Gasteiger partial charge in [0.15, 0.2) is 11.6 Å². The number of nitrogens with zero attached hydrogens (tertiary/aromatic N) is 2. The van der Waals surface area contributed by atoms with Gasteiger partial charge in [-0.25, -0.2) is 13.8 Å². The van der Waals surface area contributed by atoms with Crippen molar-refractivity contribution in [2.75, 3.05) is 6.61 Å². The first-order chi connectivity index (χ1) is 9.90. The number of aryl methyl sites for hydroxylation is 2. The van der Waals surface area contributed by atoms with E-state index in [-0.39, 0.29) is 17.7 Å². The molecule has 0 fully saturated rings. The minimum absolute atomic E-state index is 0.0904. The lowest BCUT2D eigenvalue weighted by molar-refractivity contribution is -0.757. The molecule has 1 heterocycles. The molecule has 0 radical (unpaired) electrons. The summed E-state index contributed by atoms with van der Waals surface area (Å²) in [6.45, 7) is 3.10. The van der Waals surface area contributed by atoms with Gasteiger partial charge in [0.2, 0.25) is 0 Å². The standard InChI is InChI=1S/C13H12F2N2O3S/c1-7-3-4-9(12(15)11(7)14)13-16-8(2)10(21-13)5-6-20-17(18)19/h3-4H,5-6H2,1-2H3. The van der Waals surface area contributed by atoms with Crippen molar-refractivity contribution < 1.29 is 18.7 Å². The van der Waals surface area contributed by atoms with Gasteiger partial charge in [0.05, 0.1) is 5.69 Å². The third-order valence-electron chi connectivity index (χ3n) is 2.92. The Morgan fingerprint density at radius 2 is 2.05 bits per heavy atom. The van der Waals surface area contributed by atoms with E-state index in [9.17, 15) is 18.9 Å². The number of halogens is 2. The van der Waals surface area contributed by atoms with Crippen molar-refractivity contribution in [3.8, 4) is 10.6 Å². The lowest BCUT2D eigenvalue weighted by Crippen LogP contribution is -2.04. The van der Waals surface area contributed by atoms with E-state index in [4.69, 9.17) is 0 Å². The van der Waals surface area contributed by atoms with Crippen LogP contribution in [0.4, 0.5) is 8.78 Å². The maximum atomic E-state index is 13.9. The monoisotopic (exact) mass is 314 g/mol. The van der Waals surface area contributed by atoms with Crippen LogP contribution in [0.25, 0.3) is 10.6 Å². The van der Waals surface area contributed by atoms with Gasteiger partial charge in [-0.1, -0.05) is 6.07 Å². The fraction of sp³-hybridized carbons (Fsp3) is 0.308. The fourth-order valence-corrected chi connectivity index (χ4v) is 2.86. The van der Waals surface area contributed by atoms with Crippen LogP contribution in [0.3, 0.4) is 0 Å². The Kier molecular flexibility index (Phi) is 4.46. The molecule has 0 unspecified atom stereocenters. The third kappa shape index (κ3) is 3.33. The molecule has 0 bridgehead atoms. The van der Waals surface area contributed by atoms with Crippen molar-refractivity contribution in [3.63, 3.8) is 0 Å². The highest BCUT2D eigenvalue weighted by atomic mass is 32.1. The zero-order valence-electron chi connectivity index (χ0n) is 11.4. The normalized spacial score (nSPS) is 10.7. The van der Waals surface area contributed by atoms with Crippen LogP contribution in [-0.2, 0) is 11.3 Å². The first-order valence-electron chi connectivity index (χ1n) is 6.08. The Hall–Kier alpha value is -2.09. The van der Waals surface area contributed by atoms with E-state index in [1.165, 1.54) is 30.4 Å². The van der Waals surface area contributed by atoms with Crippen molar-refractivity contribution >= 4 is 11.3 Å².